The maximum absolute atomic E-state index is 14.6. The molecule has 2 heterocycles. The average molecular weight is 383 g/mol. The van der Waals surface area contributed by atoms with Crippen LogP contribution in [-0.4, -0.2) is 33.2 Å². The van der Waals surface area contributed by atoms with Gasteiger partial charge >= 0.3 is 0 Å². The van der Waals surface area contributed by atoms with Gasteiger partial charge in [0, 0.05) is 23.2 Å². The highest BCUT2D eigenvalue weighted by Crippen LogP contribution is 2.27. The van der Waals surface area contributed by atoms with Crippen LogP contribution in [0.15, 0.2) is 30.5 Å². The summed E-state index contributed by atoms with van der Waals surface area (Å²) in [6.07, 6.45) is 5.53. The molecule has 8 nitrogen and oxygen atoms in total. The van der Waals surface area contributed by atoms with Crippen molar-refractivity contribution in [3.8, 4) is 0 Å². The molecule has 2 unspecified atom stereocenters. The van der Waals surface area contributed by atoms with Gasteiger partial charge in [-0.05, 0) is 37.1 Å². The van der Waals surface area contributed by atoms with Crippen LogP contribution in [0.1, 0.15) is 36.0 Å². The summed E-state index contributed by atoms with van der Waals surface area (Å²) in [5.74, 6) is -1.17. The molecule has 0 bridgehead atoms. The lowest BCUT2D eigenvalue weighted by Gasteiger charge is -2.30. The molecule has 2 atom stereocenters. The number of H-pyrrole nitrogens is 1. The highest BCUT2D eigenvalue weighted by atomic mass is 19.1. The number of carbonyl (C=O) groups excluding carboxylic acids is 1. The Bertz CT molecular complexity index is 1020. The van der Waals surface area contributed by atoms with Gasteiger partial charge in [0.2, 0.25) is 0 Å². The van der Waals surface area contributed by atoms with Crippen molar-refractivity contribution in [1.29, 1.82) is 0 Å². The van der Waals surface area contributed by atoms with Gasteiger partial charge in [0.1, 0.15) is 5.82 Å². The summed E-state index contributed by atoms with van der Waals surface area (Å²) in [5.41, 5.74) is 13.0. The van der Waals surface area contributed by atoms with Crippen LogP contribution in [0.2, 0.25) is 0 Å². The third-order valence-corrected chi connectivity index (χ3v) is 5.09. The number of nitrogens with zero attached hydrogens (tertiary/aromatic N) is 2. The number of fused-ring (bicyclic) bond motifs is 1. The number of hydrogen-bond donors (Lipinski definition) is 5. The summed E-state index contributed by atoms with van der Waals surface area (Å²) in [4.78, 5) is 16.1. The van der Waals surface area contributed by atoms with Crippen LogP contribution < -0.4 is 22.1 Å². The first-order valence-electron chi connectivity index (χ1n) is 9.24. The Morgan fingerprint density at radius 3 is 2.82 bits per heavy atom. The Balaban J connectivity index is 1.66. The van der Waals surface area contributed by atoms with Crippen molar-refractivity contribution in [2.45, 2.75) is 37.8 Å². The molecule has 1 amide bonds. The summed E-state index contributed by atoms with van der Waals surface area (Å²) < 4.78 is 14.6. The summed E-state index contributed by atoms with van der Waals surface area (Å²) >= 11 is 0. The molecule has 0 spiro atoms. The molecule has 28 heavy (non-hydrogen) atoms. The number of rotatable bonds is 5. The van der Waals surface area contributed by atoms with E-state index >= 15 is 0 Å². The van der Waals surface area contributed by atoms with Crippen LogP contribution in [0.4, 0.5) is 21.7 Å². The van der Waals surface area contributed by atoms with Gasteiger partial charge in [-0.2, -0.15) is 5.10 Å². The summed E-state index contributed by atoms with van der Waals surface area (Å²) in [5, 5.41) is 14.0. The van der Waals surface area contributed by atoms with Crippen LogP contribution in [0.25, 0.3) is 10.9 Å². The summed E-state index contributed by atoms with van der Waals surface area (Å²) in [7, 11) is 0. The molecule has 1 aromatic carbocycles. The number of aromatic nitrogens is 3. The summed E-state index contributed by atoms with van der Waals surface area (Å²) in [6.45, 7) is 0. The number of nitrogens with two attached hydrogens (primary N) is 2. The van der Waals surface area contributed by atoms with E-state index in [9.17, 15) is 9.18 Å². The predicted octanol–water partition coefficient (Wildman–Crippen LogP) is 2.62. The number of amides is 1. The molecule has 1 saturated carbocycles. The van der Waals surface area contributed by atoms with E-state index in [0.717, 1.165) is 42.7 Å². The standard InChI is InChI=1S/C19H22FN7O/c20-13-8-12(17(22)28)18(24-11-6-5-10-9-23-27-16(10)7-11)26-19(13)25-15-4-2-1-3-14(15)21/h5-9,14-15H,1-4,21H2,(H2,22,28)(H,23,27)(H2,24,25,26). The van der Waals surface area contributed by atoms with Crippen molar-refractivity contribution in [3.63, 3.8) is 0 Å². The largest absolute Gasteiger partial charge is 0.365 e. The number of benzene rings is 1. The van der Waals surface area contributed by atoms with E-state index in [4.69, 9.17) is 11.5 Å². The second kappa shape index (κ2) is 7.43. The number of anilines is 3. The fourth-order valence-corrected chi connectivity index (χ4v) is 3.54. The van der Waals surface area contributed by atoms with Gasteiger partial charge in [-0.3, -0.25) is 9.89 Å². The van der Waals surface area contributed by atoms with E-state index in [1.807, 2.05) is 18.2 Å². The minimum absolute atomic E-state index is 0.0271. The summed E-state index contributed by atoms with van der Waals surface area (Å²) in [6, 6.07) is 6.48. The molecule has 1 aliphatic carbocycles. The normalized spacial score (nSPS) is 19.5. The minimum atomic E-state index is -0.766. The predicted molar refractivity (Wildman–Crippen MR) is 106 cm³/mol. The van der Waals surface area contributed by atoms with Crippen molar-refractivity contribution in [3.05, 3.63) is 41.8 Å². The highest BCUT2D eigenvalue weighted by molar-refractivity contribution is 5.99. The Labute approximate surface area is 160 Å². The number of nitrogens with one attached hydrogen (secondary N) is 3. The number of primary amides is 1. The van der Waals surface area contributed by atoms with Gasteiger partial charge in [0.25, 0.3) is 5.91 Å². The van der Waals surface area contributed by atoms with Gasteiger partial charge < -0.3 is 22.1 Å². The van der Waals surface area contributed by atoms with Crippen molar-refractivity contribution in [1.82, 2.24) is 15.2 Å². The second-order valence-electron chi connectivity index (χ2n) is 7.08. The van der Waals surface area contributed by atoms with Crippen LogP contribution in [0.5, 0.6) is 0 Å². The fraction of sp³-hybridized carbons (Fsp3) is 0.316. The van der Waals surface area contributed by atoms with Crippen molar-refractivity contribution in [2.24, 2.45) is 11.5 Å². The van der Waals surface area contributed by atoms with Crippen LogP contribution in [0, 0.1) is 5.82 Å². The first-order chi connectivity index (χ1) is 13.5. The molecule has 1 fully saturated rings. The molecule has 9 heteroatoms. The second-order valence-corrected chi connectivity index (χ2v) is 7.08. The maximum Gasteiger partial charge on any atom is 0.252 e. The quantitative estimate of drug-likeness (QED) is 0.460. The minimum Gasteiger partial charge on any atom is -0.365 e. The average Bonchev–Trinajstić information content (AvgIpc) is 3.13. The Morgan fingerprint density at radius 2 is 2.04 bits per heavy atom. The van der Waals surface area contributed by atoms with Crippen molar-refractivity contribution >= 4 is 34.1 Å². The first kappa shape index (κ1) is 18.2. The molecule has 3 aromatic rings. The molecule has 0 saturated heterocycles. The van der Waals surface area contributed by atoms with Crippen molar-refractivity contribution < 1.29 is 9.18 Å². The third-order valence-electron chi connectivity index (χ3n) is 5.09. The molecule has 146 valence electrons. The third kappa shape index (κ3) is 3.61. The lowest BCUT2D eigenvalue weighted by Crippen LogP contribution is -2.43. The molecule has 4 rings (SSSR count). The molecule has 0 aliphatic heterocycles. The lowest BCUT2D eigenvalue weighted by atomic mass is 9.91. The SMILES string of the molecule is NC(=O)c1cc(F)c(NC2CCCCC2N)nc1Nc1ccc2cn[nH]c2c1. The molecule has 2 aromatic heterocycles. The van der Waals surface area contributed by atoms with Crippen LogP contribution >= 0.6 is 0 Å². The molecule has 1 aliphatic rings. The molecular formula is C19H22FN7O. The van der Waals surface area contributed by atoms with E-state index < -0.39 is 11.7 Å². The number of halogens is 1. The topological polar surface area (TPSA) is 135 Å². The lowest BCUT2D eigenvalue weighted by molar-refractivity contribution is 0.100. The Morgan fingerprint density at radius 1 is 1.21 bits per heavy atom. The van der Waals surface area contributed by atoms with Gasteiger partial charge in [-0.15, -0.1) is 0 Å². The van der Waals surface area contributed by atoms with E-state index in [-0.39, 0.29) is 29.3 Å². The monoisotopic (exact) mass is 383 g/mol. The molecular weight excluding hydrogens is 361 g/mol. The molecule has 0 radical (unpaired) electrons. The van der Waals surface area contributed by atoms with Gasteiger partial charge in [-0.25, -0.2) is 9.37 Å². The number of pyridine rings is 1. The van der Waals surface area contributed by atoms with E-state index in [2.05, 4.69) is 25.8 Å². The van der Waals surface area contributed by atoms with E-state index in [1.54, 1.807) is 6.20 Å². The Kier molecular flexibility index (Phi) is 4.82. The maximum atomic E-state index is 14.6. The zero-order valence-electron chi connectivity index (χ0n) is 15.2. The number of hydrogen-bond acceptors (Lipinski definition) is 6. The van der Waals surface area contributed by atoms with Crippen LogP contribution in [-0.2, 0) is 0 Å². The highest BCUT2D eigenvalue weighted by Gasteiger charge is 2.24. The van der Waals surface area contributed by atoms with E-state index in [0.29, 0.717) is 5.69 Å². The Hall–Kier alpha value is -3.20. The first-order valence-corrected chi connectivity index (χ1v) is 9.24. The number of aromatic amines is 1. The van der Waals surface area contributed by atoms with Crippen molar-refractivity contribution in [2.75, 3.05) is 10.6 Å². The smallest absolute Gasteiger partial charge is 0.252 e. The van der Waals surface area contributed by atoms with Gasteiger partial charge in [-0.1, -0.05) is 12.8 Å². The number of carbonyl (C=O) groups is 1. The molecule has 7 N–H and O–H groups in total. The zero-order valence-corrected chi connectivity index (χ0v) is 15.2. The van der Waals surface area contributed by atoms with E-state index in [1.165, 1.54) is 0 Å². The van der Waals surface area contributed by atoms with Crippen LogP contribution in [0.3, 0.4) is 0 Å². The fourth-order valence-electron chi connectivity index (χ4n) is 3.54. The zero-order chi connectivity index (χ0) is 19.7. The van der Waals surface area contributed by atoms with Gasteiger partial charge in [0.05, 0.1) is 17.3 Å². The van der Waals surface area contributed by atoms with Gasteiger partial charge in [0.15, 0.2) is 11.6 Å².